The van der Waals surface area contributed by atoms with Crippen LogP contribution >= 0.6 is 0 Å². The highest BCUT2D eigenvalue weighted by molar-refractivity contribution is 6.04. The molecule has 194 valence electrons. The number of oxime groups is 1. The van der Waals surface area contributed by atoms with Gasteiger partial charge in [0, 0.05) is 23.4 Å². The first kappa shape index (κ1) is 23.7. The molecule has 1 aliphatic carbocycles. The SMILES string of the molecule is CCc1nn(C2CCCC2)c2cc(C3=NOC(C)(C4=CN(c5ccc(OC)cc5OC)NO4)C3)ccc12. The van der Waals surface area contributed by atoms with E-state index < -0.39 is 5.60 Å². The van der Waals surface area contributed by atoms with Gasteiger partial charge >= 0.3 is 0 Å². The van der Waals surface area contributed by atoms with Crippen molar-refractivity contribution in [3.05, 3.63) is 59.6 Å². The zero-order chi connectivity index (χ0) is 25.6. The van der Waals surface area contributed by atoms with Gasteiger partial charge in [0.2, 0.25) is 5.60 Å². The third-order valence-electron chi connectivity index (χ3n) is 7.65. The summed E-state index contributed by atoms with van der Waals surface area (Å²) in [7, 11) is 3.25. The van der Waals surface area contributed by atoms with E-state index in [9.17, 15) is 0 Å². The number of nitrogens with zero attached hydrogens (tertiary/aromatic N) is 4. The van der Waals surface area contributed by atoms with Gasteiger partial charge in [0.05, 0.1) is 43.4 Å². The van der Waals surface area contributed by atoms with Gasteiger partial charge in [-0.25, -0.2) is 5.01 Å². The molecule has 9 nitrogen and oxygen atoms in total. The van der Waals surface area contributed by atoms with Crippen molar-refractivity contribution in [3.8, 4) is 11.5 Å². The van der Waals surface area contributed by atoms with Gasteiger partial charge in [0.15, 0.2) is 5.76 Å². The smallest absolute Gasteiger partial charge is 0.201 e. The highest BCUT2D eigenvalue weighted by Crippen LogP contribution is 2.39. The summed E-state index contributed by atoms with van der Waals surface area (Å²) in [6.07, 6.45) is 8.31. The van der Waals surface area contributed by atoms with Gasteiger partial charge in [-0.15, -0.1) is 0 Å². The highest BCUT2D eigenvalue weighted by Gasteiger charge is 2.43. The summed E-state index contributed by atoms with van der Waals surface area (Å²) >= 11 is 0. The summed E-state index contributed by atoms with van der Waals surface area (Å²) in [4.78, 5) is 11.9. The minimum absolute atomic E-state index is 0.481. The van der Waals surface area contributed by atoms with Gasteiger partial charge in [0.1, 0.15) is 17.2 Å². The van der Waals surface area contributed by atoms with Crippen LogP contribution in [-0.2, 0) is 16.1 Å². The lowest BCUT2D eigenvalue weighted by Crippen LogP contribution is -2.30. The van der Waals surface area contributed by atoms with Crippen LogP contribution in [0.3, 0.4) is 0 Å². The lowest BCUT2D eigenvalue weighted by molar-refractivity contribution is -0.0325. The average molecular weight is 504 g/mol. The summed E-state index contributed by atoms with van der Waals surface area (Å²) in [5.74, 6) is 2.00. The Labute approximate surface area is 216 Å². The molecular formula is C28H33N5O4. The molecule has 6 rings (SSSR count). The van der Waals surface area contributed by atoms with Crippen LogP contribution in [0.2, 0.25) is 0 Å². The molecule has 1 saturated carbocycles. The second-order valence-corrected chi connectivity index (χ2v) is 10.0. The van der Waals surface area contributed by atoms with Gasteiger partial charge in [0.25, 0.3) is 0 Å². The van der Waals surface area contributed by atoms with Crippen molar-refractivity contribution in [1.29, 1.82) is 0 Å². The lowest BCUT2D eigenvalue weighted by atomic mass is 9.94. The molecule has 0 saturated heterocycles. The first-order valence-corrected chi connectivity index (χ1v) is 13.0. The van der Waals surface area contributed by atoms with Crippen molar-refractivity contribution in [3.63, 3.8) is 0 Å². The van der Waals surface area contributed by atoms with Gasteiger partial charge in [-0.3, -0.25) is 4.68 Å². The van der Waals surface area contributed by atoms with Gasteiger partial charge in [-0.1, -0.05) is 42.6 Å². The van der Waals surface area contributed by atoms with Crippen LogP contribution in [0.4, 0.5) is 5.69 Å². The fourth-order valence-electron chi connectivity index (χ4n) is 5.51. The third kappa shape index (κ3) is 4.07. The largest absolute Gasteiger partial charge is 0.497 e. The van der Waals surface area contributed by atoms with Crippen LogP contribution in [0.1, 0.15) is 63.3 Å². The van der Waals surface area contributed by atoms with Crippen LogP contribution in [0.25, 0.3) is 10.9 Å². The number of benzene rings is 2. The van der Waals surface area contributed by atoms with E-state index >= 15 is 0 Å². The Morgan fingerprint density at radius 3 is 2.70 bits per heavy atom. The number of anilines is 1. The number of hydrogen-bond acceptors (Lipinski definition) is 8. The van der Waals surface area contributed by atoms with E-state index in [2.05, 4.69) is 40.5 Å². The number of hydrogen-bond donors (Lipinski definition) is 1. The molecule has 3 heterocycles. The molecule has 3 aliphatic rings. The molecule has 2 aliphatic heterocycles. The molecule has 1 fully saturated rings. The maximum atomic E-state index is 5.99. The number of aromatic nitrogens is 2. The van der Waals surface area contributed by atoms with Gasteiger partial charge in [-0.05, 0) is 44.4 Å². The zero-order valence-corrected chi connectivity index (χ0v) is 21.8. The van der Waals surface area contributed by atoms with Crippen LogP contribution in [0.15, 0.2) is 53.5 Å². The van der Waals surface area contributed by atoms with Gasteiger partial charge in [-0.2, -0.15) is 5.10 Å². The predicted octanol–water partition coefficient (Wildman–Crippen LogP) is 5.41. The third-order valence-corrected chi connectivity index (χ3v) is 7.65. The first-order chi connectivity index (χ1) is 18.0. The Morgan fingerprint density at radius 1 is 1.11 bits per heavy atom. The van der Waals surface area contributed by atoms with Crippen molar-refractivity contribution >= 4 is 22.3 Å². The van der Waals surface area contributed by atoms with Crippen LogP contribution in [-0.4, -0.2) is 35.3 Å². The number of rotatable bonds is 7. The quantitative estimate of drug-likeness (QED) is 0.461. The number of nitrogens with one attached hydrogen (secondary N) is 1. The molecule has 1 aromatic heterocycles. The summed E-state index contributed by atoms with van der Waals surface area (Å²) in [5.41, 5.74) is 7.28. The fourth-order valence-corrected chi connectivity index (χ4v) is 5.51. The number of ether oxygens (including phenoxy) is 2. The van der Waals surface area contributed by atoms with Crippen molar-refractivity contribution < 1.29 is 19.1 Å². The average Bonchev–Trinajstić information content (AvgIpc) is 3.73. The monoisotopic (exact) mass is 503 g/mol. The lowest BCUT2D eigenvalue weighted by Gasteiger charge is -2.20. The first-order valence-electron chi connectivity index (χ1n) is 13.0. The van der Waals surface area contributed by atoms with Gasteiger partial charge < -0.3 is 19.1 Å². The maximum Gasteiger partial charge on any atom is 0.201 e. The fraction of sp³-hybridized carbons (Fsp3) is 0.429. The van der Waals surface area contributed by atoms with E-state index in [1.165, 1.54) is 36.6 Å². The number of hydrazine groups is 1. The molecule has 37 heavy (non-hydrogen) atoms. The number of methoxy groups -OCH3 is 2. The van der Waals surface area contributed by atoms with E-state index in [1.54, 1.807) is 19.2 Å². The van der Waals surface area contributed by atoms with Crippen molar-refractivity contribution in [1.82, 2.24) is 15.4 Å². The molecule has 0 amide bonds. The molecule has 0 spiro atoms. The predicted molar refractivity (Wildman–Crippen MR) is 142 cm³/mol. The Kier molecular flexibility index (Phi) is 5.95. The molecule has 1 atom stereocenters. The summed E-state index contributed by atoms with van der Waals surface area (Å²) in [6, 6.07) is 12.6. The minimum Gasteiger partial charge on any atom is -0.497 e. The molecule has 2 aromatic carbocycles. The maximum absolute atomic E-state index is 5.99. The molecule has 9 heteroatoms. The van der Waals surface area contributed by atoms with Crippen LogP contribution < -0.4 is 20.1 Å². The minimum atomic E-state index is -0.744. The highest BCUT2D eigenvalue weighted by atomic mass is 16.7. The van der Waals surface area contributed by atoms with E-state index in [0.29, 0.717) is 29.7 Å². The van der Waals surface area contributed by atoms with Crippen molar-refractivity contribution in [2.45, 2.75) is 64.0 Å². The Morgan fingerprint density at radius 2 is 1.95 bits per heavy atom. The zero-order valence-electron chi connectivity index (χ0n) is 21.8. The second-order valence-electron chi connectivity index (χ2n) is 10.0. The van der Waals surface area contributed by atoms with Crippen molar-refractivity contribution in [2.75, 3.05) is 19.2 Å². The van der Waals surface area contributed by atoms with Crippen LogP contribution in [0.5, 0.6) is 11.5 Å². The molecular weight excluding hydrogens is 470 g/mol. The Balaban J connectivity index is 1.25. The van der Waals surface area contributed by atoms with E-state index in [1.807, 2.05) is 31.3 Å². The molecule has 1 N–H and O–H groups in total. The Bertz CT molecular complexity index is 1390. The number of fused-ring (bicyclic) bond motifs is 1. The van der Waals surface area contributed by atoms with E-state index in [-0.39, 0.29) is 0 Å². The van der Waals surface area contributed by atoms with Crippen LogP contribution in [0, 0.1) is 0 Å². The summed E-state index contributed by atoms with van der Waals surface area (Å²) < 4.78 is 13.1. The molecule has 3 aromatic rings. The summed E-state index contributed by atoms with van der Waals surface area (Å²) in [5, 5.41) is 12.5. The molecule has 1 unspecified atom stereocenters. The van der Waals surface area contributed by atoms with E-state index in [4.69, 9.17) is 24.2 Å². The topological polar surface area (TPSA) is 82.4 Å². The standard InChI is InChI=1S/C28H33N5O4/c1-5-22-21-12-10-18(14-25(21)33(29-22)19-8-6-7-9-19)23-16-28(2,37-30-23)27-17-32(31-36-27)24-13-11-20(34-3)15-26(24)35-4/h10-15,17,19,31H,5-9,16H2,1-4H3. The van der Waals surface area contributed by atoms with Crippen molar-refractivity contribution in [2.24, 2.45) is 5.16 Å². The second kappa shape index (κ2) is 9.30. The number of aryl methyl sites for hydroxylation is 1. The molecule has 0 bridgehead atoms. The normalized spacial score (nSPS) is 21.7. The molecule has 0 radical (unpaired) electrons. The van der Waals surface area contributed by atoms with E-state index in [0.717, 1.165) is 29.1 Å². The summed E-state index contributed by atoms with van der Waals surface area (Å²) in [6.45, 7) is 4.16. The Hall–Kier alpha value is -3.72.